The Morgan fingerprint density at radius 1 is 1.30 bits per heavy atom. The molecule has 2 heterocycles. The number of nitrogens with zero attached hydrogens (tertiary/aromatic N) is 2. The van der Waals surface area contributed by atoms with Crippen molar-refractivity contribution < 1.29 is 18.3 Å². The summed E-state index contributed by atoms with van der Waals surface area (Å²) in [5.74, 6) is -0.572. The molecule has 0 saturated carbocycles. The molecule has 0 bridgehead atoms. The van der Waals surface area contributed by atoms with E-state index < -0.39 is 12.5 Å². The summed E-state index contributed by atoms with van der Waals surface area (Å²) in [5.41, 5.74) is 1.07. The molecule has 0 unspecified atom stereocenters. The molecule has 1 amide bonds. The van der Waals surface area contributed by atoms with Crippen molar-refractivity contribution in [3.05, 3.63) is 40.1 Å². The van der Waals surface area contributed by atoms with Crippen LogP contribution in [0.3, 0.4) is 0 Å². The molecule has 0 atom stereocenters. The van der Waals surface area contributed by atoms with Crippen LogP contribution in [0.4, 0.5) is 20.4 Å². The van der Waals surface area contributed by atoms with Gasteiger partial charge < -0.3 is 20.4 Å². The van der Waals surface area contributed by atoms with Crippen molar-refractivity contribution in [1.29, 1.82) is 0 Å². The normalized spacial score (nSPS) is 11.0. The Labute approximate surface area is 162 Å². The Balaban J connectivity index is 2.02. The fraction of sp³-hybridized carbons (Fsp3) is 0.188. The van der Waals surface area contributed by atoms with Crippen molar-refractivity contribution in [3.63, 3.8) is 0 Å². The Kier molecular flexibility index (Phi) is 5.62. The number of halogens is 4. The van der Waals surface area contributed by atoms with Gasteiger partial charge in [-0.25, -0.2) is 4.98 Å². The minimum absolute atomic E-state index is 0.0418. The second-order valence-corrected chi connectivity index (χ2v) is 6.11. The number of pyridine rings is 1. The van der Waals surface area contributed by atoms with Crippen LogP contribution in [0.15, 0.2) is 24.5 Å². The predicted molar refractivity (Wildman–Crippen MR) is 98.3 cm³/mol. The second-order valence-electron chi connectivity index (χ2n) is 5.29. The number of ether oxygens (including phenoxy) is 1. The molecule has 142 valence electrons. The molecule has 0 aliphatic rings. The Hall–Kier alpha value is -2.65. The number of hydrogen-bond donors (Lipinski definition) is 3. The summed E-state index contributed by atoms with van der Waals surface area (Å²) in [6.45, 7) is -1.04. The Morgan fingerprint density at radius 3 is 2.63 bits per heavy atom. The molecule has 0 spiro atoms. The number of alkyl halides is 2. The highest BCUT2D eigenvalue weighted by molar-refractivity contribution is 6.39. The van der Waals surface area contributed by atoms with E-state index in [4.69, 9.17) is 23.2 Å². The van der Waals surface area contributed by atoms with Crippen molar-refractivity contribution in [2.75, 3.05) is 11.9 Å². The van der Waals surface area contributed by atoms with Gasteiger partial charge in [-0.1, -0.05) is 23.2 Å². The molecular formula is C16H13Cl2F2N5O2. The zero-order chi connectivity index (χ0) is 19.6. The molecule has 2 aromatic heterocycles. The molecule has 3 aromatic rings. The van der Waals surface area contributed by atoms with Crippen LogP contribution in [-0.4, -0.2) is 34.0 Å². The lowest BCUT2D eigenvalue weighted by Gasteiger charge is -2.10. The highest BCUT2D eigenvalue weighted by Gasteiger charge is 2.19. The number of nitrogens with one attached hydrogen (secondary N) is 3. The molecule has 0 radical (unpaired) electrons. The van der Waals surface area contributed by atoms with Crippen LogP contribution >= 0.6 is 23.2 Å². The third-order valence-corrected chi connectivity index (χ3v) is 4.05. The number of aromatic nitrogens is 3. The highest BCUT2D eigenvalue weighted by atomic mass is 35.5. The number of carbonyl (C=O) groups is 1. The van der Waals surface area contributed by atoms with E-state index >= 15 is 0 Å². The average molecular weight is 416 g/mol. The third-order valence-electron chi connectivity index (χ3n) is 3.48. The van der Waals surface area contributed by atoms with Gasteiger partial charge in [0.25, 0.3) is 5.91 Å². The molecule has 27 heavy (non-hydrogen) atoms. The van der Waals surface area contributed by atoms with Crippen LogP contribution in [0.25, 0.3) is 11.0 Å². The number of anilines is 2. The molecule has 0 fully saturated rings. The molecule has 0 saturated heterocycles. The summed E-state index contributed by atoms with van der Waals surface area (Å²) in [6.07, 6.45) is 2.81. The van der Waals surface area contributed by atoms with Crippen LogP contribution in [-0.2, 0) is 0 Å². The van der Waals surface area contributed by atoms with Crippen molar-refractivity contribution in [1.82, 2.24) is 20.3 Å². The van der Waals surface area contributed by atoms with Crippen LogP contribution in [0.5, 0.6) is 5.75 Å². The molecule has 0 aliphatic carbocycles. The molecule has 1 aromatic carbocycles. The zero-order valence-corrected chi connectivity index (χ0v) is 15.3. The smallest absolute Gasteiger partial charge is 0.387 e. The molecule has 3 N–H and O–H groups in total. The van der Waals surface area contributed by atoms with Gasteiger partial charge in [0.05, 0.1) is 32.3 Å². The number of benzene rings is 1. The predicted octanol–water partition coefficient (Wildman–Crippen LogP) is 4.36. The van der Waals surface area contributed by atoms with E-state index in [1.54, 1.807) is 6.92 Å². The topological polar surface area (TPSA) is 91.9 Å². The van der Waals surface area contributed by atoms with Gasteiger partial charge in [0.2, 0.25) is 5.95 Å². The Morgan fingerprint density at radius 2 is 2.00 bits per heavy atom. The van der Waals surface area contributed by atoms with E-state index in [-0.39, 0.29) is 27.3 Å². The largest absolute Gasteiger partial charge is 0.434 e. The average Bonchev–Trinajstić information content (AvgIpc) is 2.98. The fourth-order valence-corrected chi connectivity index (χ4v) is 2.83. The zero-order valence-electron chi connectivity index (χ0n) is 13.8. The first-order valence-corrected chi connectivity index (χ1v) is 8.47. The summed E-state index contributed by atoms with van der Waals surface area (Å²) in [5, 5.41) is 5.99. The van der Waals surface area contributed by atoms with E-state index in [0.717, 1.165) is 0 Å². The van der Waals surface area contributed by atoms with Gasteiger partial charge in [-0.3, -0.25) is 9.78 Å². The van der Waals surface area contributed by atoms with E-state index in [1.807, 2.05) is 0 Å². The van der Waals surface area contributed by atoms with Gasteiger partial charge in [0, 0.05) is 25.0 Å². The summed E-state index contributed by atoms with van der Waals surface area (Å²) < 4.78 is 29.9. The lowest BCUT2D eigenvalue weighted by atomic mass is 10.1. The van der Waals surface area contributed by atoms with Gasteiger partial charge >= 0.3 is 6.61 Å². The molecule has 11 heteroatoms. The van der Waals surface area contributed by atoms with Gasteiger partial charge in [-0.15, -0.1) is 0 Å². The fourth-order valence-electron chi connectivity index (χ4n) is 2.37. The van der Waals surface area contributed by atoms with Gasteiger partial charge in [0.15, 0.2) is 0 Å². The first-order chi connectivity index (χ1) is 12.9. The number of rotatable bonds is 6. The van der Waals surface area contributed by atoms with E-state index in [0.29, 0.717) is 23.3 Å². The lowest BCUT2D eigenvalue weighted by Crippen LogP contribution is -2.23. The molecular weight excluding hydrogens is 403 g/mol. The minimum Gasteiger partial charge on any atom is -0.434 e. The van der Waals surface area contributed by atoms with Crippen LogP contribution in [0.2, 0.25) is 10.0 Å². The van der Waals surface area contributed by atoms with Gasteiger partial charge in [-0.05, 0) is 13.0 Å². The maximum atomic E-state index is 12.7. The monoisotopic (exact) mass is 415 g/mol. The van der Waals surface area contributed by atoms with Crippen LogP contribution in [0.1, 0.15) is 17.3 Å². The third kappa shape index (κ3) is 4.20. The summed E-state index contributed by atoms with van der Waals surface area (Å²) in [4.78, 5) is 23.2. The summed E-state index contributed by atoms with van der Waals surface area (Å²) in [7, 11) is 0. The maximum Gasteiger partial charge on any atom is 0.387 e. The maximum absolute atomic E-state index is 12.7. The number of aromatic amines is 1. The first kappa shape index (κ1) is 19.1. The first-order valence-electron chi connectivity index (χ1n) is 7.71. The number of fused-ring (bicyclic) bond motifs is 1. The van der Waals surface area contributed by atoms with Crippen LogP contribution in [0, 0.1) is 0 Å². The van der Waals surface area contributed by atoms with E-state index in [1.165, 1.54) is 24.5 Å². The number of H-pyrrole nitrogens is 1. The standard InChI is InChI=1S/C16H13Cl2F2N5O2/c1-2-22-14(26)7-3-10-11(4-12(7)27-15(19)20)24-16(23-10)25-13-8(17)5-21-6-9(13)18/h3-6,15H,2H2,1H3,(H,22,26)(H2,21,23,24,25). The van der Waals surface area contributed by atoms with Crippen molar-refractivity contribution >= 4 is 51.8 Å². The number of carbonyl (C=O) groups excluding carboxylic acids is 1. The molecule has 0 aliphatic heterocycles. The van der Waals surface area contributed by atoms with Crippen LogP contribution < -0.4 is 15.4 Å². The van der Waals surface area contributed by atoms with E-state index in [2.05, 4.69) is 30.3 Å². The van der Waals surface area contributed by atoms with Gasteiger partial charge in [-0.2, -0.15) is 8.78 Å². The molecule has 7 nitrogen and oxygen atoms in total. The van der Waals surface area contributed by atoms with Gasteiger partial charge in [0.1, 0.15) is 5.75 Å². The molecule has 3 rings (SSSR count). The quantitative estimate of drug-likeness (QED) is 0.556. The highest BCUT2D eigenvalue weighted by Crippen LogP contribution is 2.32. The van der Waals surface area contributed by atoms with Crippen molar-refractivity contribution in [3.8, 4) is 5.75 Å². The van der Waals surface area contributed by atoms with E-state index in [9.17, 15) is 13.6 Å². The van der Waals surface area contributed by atoms with Crippen molar-refractivity contribution in [2.24, 2.45) is 0 Å². The summed E-state index contributed by atoms with van der Waals surface area (Å²) in [6, 6.07) is 2.63. The Bertz CT molecular complexity index is 976. The minimum atomic E-state index is -3.08. The SMILES string of the molecule is CCNC(=O)c1cc2[nH]c(Nc3c(Cl)cncc3Cl)nc2cc1OC(F)F. The number of imidazole rings is 1. The summed E-state index contributed by atoms with van der Waals surface area (Å²) >= 11 is 12.1. The van der Waals surface area contributed by atoms with Crippen molar-refractivity contribution in [2.45, 2.75) is 13.5 Å². The number of hydrogen-bond acceptors (Lipinski definition) is 5. The lowest BCUT2D eigenvalue weighted by molar-refractivity contribution is -0.0500. The number of amides is 1. The second kappa shape index (κ2) is 7.93.